The van der Waals surface area contributed by atoms with E-state index in [1.54, 1.807) is 6.92 Å². The van der Waals surface area contributed by atoms with Crippen molar-refractivity contribution in [2.45, 2.75) is 31.5 Å². The van der Waals surface area contributed by atoms with E-state index < -0.39 is 11.2 Å². The summed E-state index contributed by atoms with van der Waals surface area (Å²) in [6.45, 7) is 5.14. The number of β-amino-alcohol motifs (C(OH)–C–C–N with tert-alkyl or cyclic N) is 2. The van der Waals surface area contributed by atoms with E-state index in [0.29, 0.717) is 26.1 Å². The molecule has 3 N–H and O–H groups in total. The molecule has 2 atom stereocenters. The number of hydrogen-bond donors (Lipinski definition) is 3. The number of nitrogens with zero attached hydrogens (tertiary/aromatic N) is 1. The molecule has 0 aromatic heterocycles. The van der Waals surface area contributed by atoms with E-state index in [2.05, 4.69) is 5.32 Å². The first-order valence-corrected chi connectivity index (χ1v) is 6.70. The van der Waals surface area contributed by atoms with Gasteiger partial charge in [0.2, 0.25) is 0 Å². The van der Waals surface area contributed by atoms with Crippen LogP contribution in [0.1, 0.15) is 20.3 Å². The van der Waals surface area contributed by atoms with Crippen LogP contribution in [0, 0.1) is 5.92 Å². The Morgan fingerprint density at radius 1 is 1.32 bits per heavy atom. The molecule has 0 amide bonds. The fourth-order valence-corrected chi connectivity index (χ4v) is 2.86. The second kappa shape index (κ2) is 4.94. The Labute approximate surface area is 112 Å². The molecule has 0 bridgehead atoms. The Balaban J connectivity index is 1.84. The highest BCUT2D eigenvalue weighted by Gasteiger charge is 2.47. The molecular formula is C13H22N2O4. The fourth-order valence-electron chi connectivity index (χ4n) is 2.86. The van der Waals surface area contributed by atoms with E-state index in [4.69, 9.17) is 0 Å². The molecule has 2 heterocycles. The Morgan fingerprint density at radius 3 is 2.42 bits per heavy atom. The molecule has 2 aliphatic heterocycles. The van der Waals surface area contributed by atoms with Crippen molar-refractivity contribution < 1.29 is 19.8 Å². The van der Waals surface area contributed by atoms with Gasteiger partial charge in [0.25, 0.3) is 0 Å². The molecule has 0 saturated carbocycles. The average Bonchev–Trinajstić information content (AvgIpc) is 2.73. The smallest absolute Gasteiger partial charge is 0.169 e. The summed E-state index contributed by atoms with van der Waals surface area (Å²) in [5.41, 5.74) is -2.49. The lowest BCUT2D eigenvalue weighted by Gasteiger charge is -2.45. The average molecular weight is 270 g/mol. The first-order valence-electron chi connectivity index (χ1n) is 6.70. The number of nitrogens with one attached hydrogen (secondary N) is 1. The van der Waals surface area contributed by atoms with Gasteiger partial charge < -0.3 is 15.5 Å². The van der Waals surface area contributed by atoms with E-state index in [1.807, 2.05) is 4.90 Å². The number of hydrogen-bond acceptors (Lipinski definition) is 6. The van der Waals surface area contributed by atoms with Crippen LogP contribution < -0.4 is 5.32 Å². The normalized spacial score (nSPS) is 31.8. The highest BCUT2D eigenvalue weighted by Crippen LogP contribution is 2.25. The third-order valence-corrected chi connectivity index (χ3v) is 4.20. The van der Waals surface area contributed by atoms with Crippen molar-refractivity contribution >= 4 is 11.6 Å². The predicted molar refractivity (Wildman–Crippen MR) is 68.7 cm³/mol. The van der Waals surface area contributed by atoms with Gasteiger partial charge in [-0.3, -0.25) is 14.5 Å². The van der Waals surface area contributed by atoms with Gasteiger partial charge in [0.15, 0.2) is 11.6 Å². The molecule has 6 nitrogen and oxygen atoms in total. The number of ketones is 2. The van der Waals surface area contributed by atoms with Crippen LogP contribution in [-0.4, -0.2) is 70.6 Å². The van der Waals surface area contributed by atoms with Crippen LogP contribution in [-0.2, 0) is 9.59 Å². The molecule has 2 unspecified atom stereocenters. The minimum absolute atomic E-state index is 0.157. The molecule has 0 spiro atoms. The lowest BCUT2D eigenvalue weighted by Crippen LogP contribution is -2.66. The highest BCUT2D eigenvalue weighted by atomic mass is 16.3. The molecule has 0 aliphatic carbocycles. The number of rotatable bonds is 5. The largest absolute Gasteiger partial charge is 0.381 e. The monoisotopic (exact) mass is 270 g/mol. The number of likely N-dealkylation sites (tertiary alicyclic amines) is 1. The van der Waals surface area contributed by atoms with Crippen molar-refractivity contribution in [1.29, 1.82) is 0 Å². The zero-order chi connectivity index (χ0) is 14.3. The lowest BCUT2D eigenvalue weighted by molar-refractivity contribution is -0.157. The van der Waals surface area contributed by atoms with Crippen molar-refractivity contribution in [3.8, 4) is 0 Å². The first kappa shape index (κ1) is 14.6. The molecular weight excluding hydrogens is 248 g/mol. The summed E-state index contributed by atoms with van der Waals surface area (Å²) >= 11 is 0. The van der Waals surface area contributed by atoms with Gasteiger partial charge in [0, 0.05) is 32.1 Å². The van der Waals surface area contributed by atoms with Crippen molar-refractivity contribution in [3.63, 3.8) is 0 Å². The van der Waals surface area contributed by atoms with Crippen LogP contribution in [0.15, 0.2) is 0 Å². The maximum atomic E-state index is 12.2. The second-order valence-corrected chi connectivity index (χ2v) is 5.98. The van der Waals surface area contributed by atoms with Crippen LogP contribution >= 0.6 is 0 Å². The standard InChI is InChI=1S/C13H22N2O4/c1-9(11(17)12(18)3-4-14-6-12)5-15-7-13(19,8-15)10(2)16/h9,14,18-19H,3-8H2,1-2H3. The van der Waals surface area contributed by atoms with Crippen LogP contribution in [0.5, 0.6) is 0 Å². The molecule has 6 heteroatoms. The summed E-state index contributed by atoms with van der Waals surface area (Å²) in [6.07, 6.45) is 0.452. The number of carbonyl (C=O) groups excluding carboxylic acids is 2. The Morgan fingerprint density at radius 2 is 1.95 bits per heavy atom. The topological polar surface area (TPSA) is 89.9 Å². The molecule has 2 aliphatic rings. The Kier molecular flexibility index (Phi) is 3.79. The molecule has 0 aromatic rings. The first-order chi connectivity index (χ1) is 8.77. The van der Waals surface area contributed by atoms with Gasteiger partial charge in [-0.05, 0) is 19.9 Å². The molecule has 0 aromatic carbocycles. The predicted octanol–water partition coefficient (Wildman–Crippen LogP) is -1.45. The fraction of sp³-hybridized carbons (Fsp3) is 0.846. The summed E-state index contributed by atoms with van der Waals surface area (Å²) in [4.78, 5) is 25.2. The van der Waals surface area contributed by atoms with Crippen LogP contribution in [0.25, 0.3) is 0 Å². The molecule has 19 heavy (non-hydrogen) atoms. The van der Waals surface area contributed by atoms with E-state index >= 15 is 0 Å². The number of Topliss-reactive ketones (excluding diaryl/α,β-unsaturated/α-hetero) is 2. The minimum atomic E-state index is -1.25. The van der Waals surface area contributed by atoms with Gasteiger partial charge in [0.05, 0.1) is 0 Å². The molecule has 2 rings (SSSR count). The van der Waals surface area contributed by atoms with Gasteiger partial charge in [-0.15, -0.1) is 0 Å². The third-order valence-electron chi connectivity index (χ3n) is 4.20. The van der Waals surface area contributed by atoms with Gasteiger partial charge in [-0.2, -0.15) is 0 Å². The van der Waals surface area contributed by atoms with Crippen molar-refractivity contribution in [2.24, 2.45) is 5.92 Å². The summed E-state index contributed by atoms with van der Waals surface area (Å²) in [5.74, 6) is -0.696. The zero-order valence-corrected chi connectivity index (χ0v) is 11.5. The van der Waals surface area contributed by atoms with Crippen LogP contribution in [0.4, 0.5) is 0 Å². The maximum Gasteiger partial charge on any atom is 0.169 e. The molecule has 108 valence electrons. The summed E-state index contributed by atoms with van der Waals surface area (Å²) in [7, 11) is 0. The van der Waals surface area contributed by atoms with Gasteiger partial charge in [-0.1, -0.05) is 6.92 Å². The van der Waals surface area contributed by atoms with Gasteiger partial charge >= 0.3 is 0 Å². The quantitative estimate of drug-likeness (QED) is 0.566. The summed E-state index contributed by atoms with van der Waals surface area (Å²) in [5, 5.41) is 23.0. The number of carbonyl (C=O) groups is 2. The van der Waals surface area contributed by atoms with Crippen LogP contribution in [0.2, 0.25) is 0 Å². The second-order valence-electron chi connectivity index (χ2n) is 5.98. The molecule has 0 radical (unpaired) electrons. The third kappa shape index (κ3) is 2.72. The van der Waals surface area contributed by atoms with E-state index in [1.165, 1.54) is 6.92 Å². The highest BCUT2D eigenvalue weighted by molar-refractivity contribution is 5.90. The van der Waals surface area contributed by atoms with Gasteiger partial charge in [0.1, 0.15) is 11.2 Å². The summed E-state index contributed by atoms with van der Waals surface area (Å²) in [6, 6.07) is 0. The van der Waals surface area contributed by atoms with Crippen LogP contribution in [0.3, 0.4) is 0 Å². The van der Waals surface area contributed by atoms with E-state index in [-0.39, 0.29) is 30.6 Å². The zero-order valence-electron chi connectivity index (χ0n) is 11.5. The Bertz CT molecular complexity index is 384. The van der Waals surface area contributed by atoms with Crippen molar-refractivity contribution in [2.75, 3.05) is 32.7 Å². The molecule has 2 saturated heterocycles. The minimum Gasteiger partial charge on any atom is -0.381 e. The van der Waals surface area contributed by atoms with Crippen molar-refractivity contribution in [3.05, 3.63) is 0 Å². The Hall–Kier alpha value is -0.820. The van der Waals surface area contributed by atoms with E-state index in [9.17, 15) is 19.8 Å². The van der Waals surface area contributed by atoms with Crippen molar-refractivity contribution in [1.82, 2.24) is 10.2 Å². The SMILES string of the molecule is CC(=O)C1(O)CN(CC(C)C(=O)C2(O)CCNC2)C1. The van der Waals surface area contributed by atoms with Gasteiger partial charge in [-0.25, -0.2) is 0 Å². The molecule has 2 fully saturated rings. The lowest BCUT2D eigenvalue weighted by atomic mass is 9.85. The number of aliphatic hydroxyl groups is 2. The summed E-state index contributed by atoms with van der Waals surface area (Å²) < 4.78 is 0. The van der Waals surface area contributed by atoms with E-state index in [0.717, 1.165) is 0 Å². The maximum absolute atomic E-state index is 12.2.